The Bertz CT molecular complexity index is 654. The first-order valence-corrected chi connectivity index (χ1v) is 6.64. The Labute approximate surface area is 122 Å². The van der Waals surface area contributed by atoms with Crippen molar-refractivity contribution >= 4 is 17.5 Å². The first kappa shape index (κ1) is 13.4. The van der Waals surface area contributed by atoms with Crippen LogP contribution in [0.4, 0.5) is 17.5 Å². The lowest BCUT2D eigenvalue weighted by Gasteiger charge is -2.20. The largest absolute Gasteiger partial charge is 0.454 e. The number of benzene rings is 1. The van der Waals surface area contributed by atoms with E-state index in [1.54, 1.807) is 6.20 Å². The van der Waals surface area contributed by atoms with Gasteiger partial charge in [0.25, 0.3) is 0 Å². The molecule has 0 saturated heterocycles. The third-order valence-electron chi connectivity index (χ3n) is 2.69. The fourth-order valence-corrected chi connectivity index (χ4v) is 1.90. The quantitative estimate of drug-likeness (QED) is 0.897. The molecule has 7 nitrogen and oxygen atoms in total. The summed E-state index contributed by atoms with van der Waals surface area (Å²) >= 11 is 0. The summed E-state index contributed by atoms with van der Waals surface area (Å²) in [5.41, 5.74) is 0.723. The summed E-state index contributed by atoms with van der Waals surface area (Å²) in [4.78, 5) is 4.38. The highest BCUT2D eigenvalue weighted by Gasteiger charge is 2.14. The number of anilines is 3. The molecule has 0 atom stereocenters. The molecule has 3 rings (SSSR count). The van der Waals surface area contributed by atoms with Crippen molar-refractivity contribution in [3.05, 3.63) is 24.4 Å². The molecule has 0 radical (unpaired) electrons. The van der Waals surface area contributed by atoms with Crippen LogP contribution in [0.15, 0.2) is 24.4 Å². The number of aromatic nitrogens is 3. The highest BCUT2D eigenvalue weighted by atomic mass is 16.7. The van der Waals surface area contributed by atoms with Crippen LogP contribution in [0.2, 0.25) is 0 Å². The Balaban J connectivity index is 1.77. The lowest BCUT2D eigenvalue weighted by molar-refractivity contribution is 0.174. The maximum atomic E-state index is 5.34. The van der Waals surface area contributed by atoms with Crippen LogP contribution in [-0.2, 0) is 0 Å². The van der Waals surface area contributed by atoms with Crippen molar-refractivity contribution in [2.75, 3.05) is 17.4 Å². The molecule has 1 aliphatic rings. The van der Waals surface area contributed by atoms with E-state index in [2.05, 4.69) is 46.6 Å². The second kappa shape index (κ2) is 5.08. The number of fused-ring (bicyclic) bond motifs is 1. The van der Waals surface area contributed by atoms with E-state index in [4.69, 9.17) is 9.47 Å². The van der Waals surface area contributed by atoms with Crippen LogP contribution in [-0.4, -0.2) is 27.5 Å². The topological polar surface area (TPSA) is 81.2 Å². The summed E-state index contributed by atoms with van der Waals surface area (Å²) in [7, 11) is 0. The molecule has 2 aromatic rings. The molecule has 110 valence electrons. The summed E-state index contributed by atoms with van der Waals surface area (Å²) < 4.78 is 10.6. The monoisotopic (exact) mass is 287 g/mol. The summed E-state index contributed by atoms with van der Waals surface area (Å²) in [6.07, 6.45) is 1.59. The van der Waals surface area contributed by atoms with E-state index in [1.165, 1.54) is 0 Å². The van der Waals surface area contributed by atoms with Crippen molar-refractivity contribution in [2.45, 2.75) is 26.3 Å². The number of hydrogen-bond acceptors (Lipinski definition) is 7. The number of nitrogens with zero attached hydrogens (tertiary/aromatic N) is 3. The van der Waals surface area contributed by atoms with Gasteiger partial charge >= 0.3 is 0 Å². The maximum Gasteiger partial charge on any atom is 0.249 e. The normalized spacial score (nSPS) is 13.1. The van der Waals surface area contributed by atoms with Crippen LogP contribution in [0, 0.1) is 0 Å². The van der Waals surface area contributed by atoms with E-state index >= 15 is 0 Å². The highest BCUT2D eigenvalue weighted by Crippen LogP contribution is 2.34. The number of rotatable bonds is 3. The van der Waals surface area contributed by atoms with Crippen LogP contribution < -0.4 is 20.1 Å². The van der Waals surface area contributed by atoms with Gasteiger partial charge in [-0.25, -0.2) is 0 Å². The lowest BCUT2D eigenvalue weighted by atomic mass is 10.1. The summed E-state index contributed by atoms with van der Waals surface area (Å²) in [5, 5.41) is 14.3. The van der Waals surface area contributed by atoms with Gasteiger partial charge in [0.2, 0.25) is 12.7 Å². The van der Waals surface area contributed by atoms with E-state index < -0.39 is 0 Å². The maximum absolute atomic E-state index is 5.34. The fraction of sp³-hybridized carbons (Fsp3) is 0.357. The van der Waals surface area contributed by atoms with Crippen molar-refractivity contribution in [2.24, 2.45) is 0 Å². The van der Waals surface area contributed by atoms with Gasteiger partial charge in [-0.3, -0.25) is 0 Å². The molecule has 0 spiro atoms. The Morgan fingerprint density at radius 2 is 1.95 bits per heavy atom. The summed E-state index contributed by atoms with van der Waals surface area (Å²) in [5.74, 6) is 2.53. The van der Waals surface area contributed by atoms with Crippen LogP contribution in [0.3, 0.4) is 0 Å². The molecule has 0 saturated carbocycles. The Hall–Kier alpha value is -2.57. The molecular weight excluding hydrogens is 270 g/mol. The van der Waals surface area contributed by atoms with Gasteiger partial charge in [0.1, 0.15) is 0 Å². The van der Waals surface area contributed by atoms with Gasteiger partial charge in [-0.15, -0.1) is 5.10 Å². The molecule has 0 fully saturated rings. The van der Waals surface area contributed by atoms with Crippen molar-refractivity contribution in [1.29, 1.82) is 0 Å². The smallest absolute Gasteiger partial charge is 0.249 e. The zero-order chi connectivity index (χ0) is 14.9. The van der Waals surface area contributed by atoms with Crippen molar-refractivity contribution in [3.63, 3.8) is 0 Å². The van der Waals surface area contributed by atoms with Crippen LogP contribution >= 0.6 is 0 Å². The third-order valence-corrected chi connectivity index (χ3v) is 2.69. The second-order valence-electron chi connectivity index (χ2n) is 5.73. The van der Waals surface area contributed by atoms with Crippen molar-refractivity contribution < 1.29 is 9.47 Å². The van der Waals surface area contributed by atoms with E-state index in [0.29, 0.717) is 17.5 Å². The predicted octanol–water partition coefficient (Wildman–Crippen LogP) is 2.55. The van der Waals surface area contributed by atoms with Gasteiger partial charge in [0.15, 0.2) is 17.3 Å². The zero-order valence-corrected chi connectivity index (χ0v) is 12.2. The van der Waals surface area contributed by atoms with E-state index in [1.807, 2.05) is 18.2 Å². The number of ether oxygens (including phenoxy) is 2. The van der Waals surface area contributed by atoms with Crippen molar-refractivity contribution in [1.82, 2.24) is 15.2 Å². The molecule has 2 N–H and O–H groups in total. The number of hydrogen-bond donors (Lipinski definition) is 2. The molecule has 0 unspecified atom stereocenters. The molecule has 0 aliphatic carbocycles. The lowest BCUT2D eigenvalue weighted by Crippen LogP contribution is -2.27. The van der Waals surface area contributed by atoms with Crippen molar-refractivity contribution in [3.8, 4) is 11.5 Å². The van der Waals surface area contributed by atoms with Gasteiger partial charge in [-0.2, -0.15) is 10.1 Å². The highest BCUT2D eigenvalue weighted by molar-refractivity contribution is 5.60. The minimum Gasteiger partial charge on any atom is -0.454 e. The molecule has 1 aromatic carbocycles. The zero-order valence-electron chi connectivity index (χ0n) is 12.2. The van der Waals surface area contributed by atoms with E-state index in [-0.39, 0.29) is 12.3 Å². The Kier molecular flexibility index (Phi) is 3.25. The molecule has 7 heteroatoms. The first-order valence-electron chi connectivity index (χ1n) is 6.64. The third kappa shape index (κ3) is 3.31. The Morgan fingerprint density at radius 1 is 1.14 bits per heavy atom. The van der Waals surface area contributed by atoms with Crippen LogP contribution in [0.25, 0.3) is 0 Å². The minimum absolute atomic E-state index is 0.0912. The molecule has 2 heterocycles. The second-order valence-corrected chi connectivity index (χ2v) is 5.73. The average Bonchev–Trinajstić information content (AvgIpc) is 2.84. The first-order chi connectivity index (χ1) is 9.99. The van der Waals surface area contributed by atoms with Crippen LogP contribution in [0.1, 0.15) is 20.8 Å². The molecular formula is C14H17N5O2. The molecule has 1 aromatic heterocycles. The fourth-order valence-electron chi connectivity index (χ4n) is 1.90. The van der Waals surface area contributed by atoms with E-state index in [0.717, 1.165) is 11.4 Å². The van der Waals surface area contributed by atoms with E-state index in [9.17, 15) is 0 Å². The summed E-state index contributed by atoms with van der Waals surface area (Å²) in [6, 6.07) is 5.56. The standard InChI is InChI=1S/C14H17N5O2/c1-14(2,3)18-12-7-15-19-13(17-12)16-9-4-5-10-11(6-9)21-8-20-10/h4-7H,8H2,1-3H3,(H2,16,17,18,19). The van der Waals surface area contributed by atoms with Crippen LogP contribution in [0.5, 0.6) is 11.5 Å². The Morgan fingerprint density at radius 3 is 2.76 bits per heavy atom. The van der Waals surface area contributed by atoms with Gasteiger partial charge in [-0.1, -0.05) is 0 Å². The van der Waals surface area contributed by atoms with Gasteiger partial charge in [-0.05, 0) is 32.9 Å². The number of nitrogens with one attached hydrogen (secondary N) is 2. The molecule has 0 amide bonds. The SMILES string of the molecule is CC(C)(C)Nc1cnnc(Nc2ccc3c(c2)OCO3)n1. The van der Waals surface area contributed by atoms with Gasteiger partial charge in [0, 0.05) is 17.3 Å². The molecule has 1 aliphatic heterocycles. The predicted molar refractivity (Wildman–Crippen MR) is 79.1 cm³/mol. The van der Waals surface area contributed by atoms with Gasteiger partial charge < -0.3 is 20.1 Å². The van der Waals surface area contributed by atoms with Gasteiger partial charge in [0.05, 0.1) is 6.20 Å². The molecule has 0 bridgehead atoms. The summed E-state index contributed by atoms with van der Waals surface area (Å²) in [6.45, 7) is 6.42. The molecule has 21 heavy (non-hydrogen) atoms. The average molecular weight is 287 g/mol. The minimum atomic E-state index is -0.0912.